The molecule has 0 aliphatic carbocycles. The van der Waals surface area contributed by atoms with E-state index in [9.17, 15) is 13.6 Å². The van der Waals surface area contributed by atoms with Crippen LogP contribution < -0.4 is 10.1 Å². The smallest absolute Gasteiger partial charge is 0.336 e. The molecule has 0 bridgehead atoms. The first-order chi connectivity index (χ1) is 16.0. The fourth-order valence-corrected chi connectivity index (χ4v) is 3.10. The van der Waals surface area contributed by atoms with Crippen LogP contribution >= 0.6 is 0 Å². The number of hydrogen-bond donors (Lipinski definition) is 1. The number of benzene rings is 3. The number of hydrogen-bond acceptors (Lipinski definition) is 5. The minimum atomic E-state index is -0.612. The van der Waals surface area contributed by atoms with Gasteiger partial charge in [0.2, 0.25) is 0 Å². The van der Waals surface area contributed by atoms with Gasteiger partial charge in [-0.2, -0.15) is 4.98 Å². The maximum absolute atomic E-state index is 14.0. The van der Waals surface area contributed by atoms with Gasteiger partial charge in [-0.25, -0.2) is 13.5 Å². The average Bonchev–Trinajstić information content (AvgIpc) is 3.24. The number of amides is 1. The summed E-state index contributed by atoms with van der Waals surface area (Å²) in [6.07, 6.45) is 0. The molecule has 0 unspecified atom stereocenters. The van der Waals surface area contributed by atoms with Crippen LogP contribution in [0, 0.1) is 11.6 Å². The van der Waals surface area contributed by atoms with Gasteiger partial charge in [0.15, 0.2) is 5.82 Å². The number of carbonyl (C=O) groups is 1. The molecule has 1 heterocycles. The third-order valence-corrected chi connectivity index (χ3v) is 4.68. The topological polar surface area (TPSA) is 78.3 Å². The van der Waals surface area contributed by atoms with Gasteiger partial charge in [0.1, 0.15) is 18.2 Å². The Hall–Kier alpha value is -4.11. The van der Waals surface area contributed by atoms with E-state index >= 15 is 0 Å². The minimum Gasteiger partial charge on any atom is -0.460 e. The van der Waals surface area contributed by atoms with Gasteiger partial charge in [0, 0.05) is 18.4 Å². The quantitative estimate of drug-likeness (QED) is 0.400. The van der Waals surface area contributed by atoms with Crippen molar-refractivity contribution in [1.82, 2.24) is 14.8 Å². The number of ether oxygens (including phenoxy) is 2. The van der Waals surface area contributed by atoms with E-state index in [4.69, 9.17) is 9.47 Å². The maximum Gasteiger partial charge on any atom is 0.336 e. The SMILES string of the molecule is COCCOc1nc(-c2ccc(F)cc2)n(-c2cccc(NC(=O)c3ccccc3F)c2)n1. The largest absolute Gasteiger partial charge is 0.460 e. The van der Waals surface area contributed by atoms with Crippen LogP contribution in [0.3, 0.4) is 0 Å². The molecule has 1 aromatic heterocycles. The lowest BCUT2D eigenvalue weighted by Crippen LogP contribution is -2.14. The molecular weight excluding hydrogens is 430 g/mol. The van der Waals surface area contributed by atoms with Crippen molar-refractivity contribution in [1.29, 1.82) is 0 Å². The third-order valence-electron chi connectivity index (χ3n) is 4.68. The summed E-state index contributed by atoms with van der Waals surface area (Å²) >= 11 is 0. The van der Waals surface area contributed by atoms with E-state index in [0.29, 0.717) is 29.4 Å². The lowest BCUT2D eigenvalue weighted by Gasteiger charge is -2.10. The fraction of sp³-hybridized carbons (Fsp3) is 0.125. The number of aromatic nitrogens is 3. The standard InChI is InChI=1S/C24H20F2N4O3/c1-32-13-14-33-24-28-22(16-9-11-17(25)12-10-16)30(29-24)19-6-4-5-18(15-19)27-23(31)20-7-2-3-8-21(20)26/h2-12,15H,13-14H2,1H3,(H,27,31). The molecule has 33 heavy (non-hydrogen) atoms. The van der Waals surface area contributed by atoms with Gasteiger partial charge in [-0.15, -0.1) is 5.10 Å². The Balaban J connectivity index is 1.67. The summed E-state index contributed by atoms with van der Waals surface area (Å²) in [5.41, 5.74) is 1.55. The number of rotatable bonds is 8. The number of halogens is 2. The molecule has 0 radical (unpaired) electrons. The summed E-state index contributed by atoms with van der Waals surface area (Å²) in [6.45, 7) is 0.611. The molecular formula is C24H20F2N4O3. The van der Waals surface area contributed by atoms with Crippen molar-refractivity contribution in [2.45, 2.75) is 0 Å². The van der Waals surface area contributed by atoms with Gasteiger partial charge in [0.25, 0.3) is 5.91 Å². The second kappa shape index (κ2) is 10.0. The third kappa shape index (κ3) is 5.21. The Bertz CT molecular complexity index is 1260. The van der Waals surface area contributed by atoms with Crippen LogP contribution in [0.1, 0.15) is 10.4 Å². The first-order valence-corrected chi connectivity index (χ1v) is 10.1. The normalized spacial score (nSPS) is 10.8. The zero-order chi connectivity index (χ0) is 23.2. The highest BCUT2D eigenvalue weighted by molar-refractivity contribution is 6.04. The van der Waals surface area contributed by atoms with E-state index in [1.165, 1.54) is 35.0 Å². The van der Waals surface area contributed by atoms with Gasteiger partial charge in [-0.1, -0.05) is 18.2 Å². The Kier molecular flexibility index (Phi) is 6.70. The monoisotopic (exact) mass is 450 g/mol. The number of anilines is 1. The molecule has 168 valence electrons. The van der Waals surface area contributed by atoms with Crippen LogP contribution in [-0.4, -0.2) is 41.0 Å². The van der Waals surface area contributed by atoms with Crippen molar-refractivity contribution in [3.05, 3.63) is 90.0 Å². The van der Waals surface area contributed by atoms with E-state index in [0.717, 1.165) is 0 Å². The fourth-order valence-electron chi connectivity index (χ4n) is 3.10. The van der Waals surface area contributed by atoms with Crippen molar-refractivity contribution in [2.75, 3.05) is 25.6 Å². The molecule has 0 aliphatic rings. The predicted octanol–water partition coefficient (Wildman–Crippen LogP) is 4.49. The highest BCUT2D eigenvalue weighted by Gasteiger charge is 2.16. The van der Waals surface area contributed by atoms with E-state index < -0.39 is 11.7 Å². The Morgan fingerprint density at radius 3 is 2.55 bits per heavy atom. The van der Waals surface area contributed by atoms with Gasteiger partial charge in [0.05, 0.1) is 17.9 Å². The highest BCUT2D eigenvalue weighted by atomic mass is 19.1. The molecule has 1 N–H and O–H groups in total. The lowest BCUT2D eigenvalue weighted by atomic mass is 10.2. The van der Waals surface area contributed by atoms with Crippen LogP contribution in [0.4, 0.5) is 14.5 Å². The van der Waals surface area contributed by atoms with Crippen LogP contribution in [0.5, 0.6) is 6.01 Å². The second-order valence-electron chi connectivity index (χ2n) is 6.96. The first kappa shape index (κ1) is 22.1. The average molecular weight is 450 g/mol. The van der Waals surface area contributed by atoms with Crippen LogP contribution in [0.15, 0.2) is 72.8 Å². The minimum absolute atomic E-state index is 0.0653. The molecule has 4 rings (SSSR count). The summed E-state index contributed by atoms with van der Waals surface area (Å²) in [5.74, 6) is -1.15. The molecule has 9 heteroatoms. The van der Waals surface area contributed by atoms with Crippen molar-refractivity contribution >= 4 is 11.6 Å². The van der Waals surface area contributed by atoms with Gasteiger partial charge in [-0.05, 0) is 54.6 Å². The Morgan fingerprint density at radius 1 is 1.00 bits per heavy atom. The van der Waals surface area contributed by atoms with E-state index in [2.05, 4.69) is 15.4 Å². The number of carbonyl (C=O) groups excluding carboxylic acids is 1. The van der Waals surface area contributed by atoms with Crippen molar-refractivity contribution in [3.63, 3.8) is 0 Å². The van der Waals surface area contributed by atoms with E-state index in [1.807, 2.05) is 0 Å². The molecule has 0 saturated carbocycles. The maximum atomic E-state index is 14.0. The summed E-state index contributed by atoms with van der Waals surface area (Å²) in [5, 5.41) is 7.09. The lowest BCUT2D eigenvalue weighted by molar-refractivity contribution is 0.102. The van der Waals surface area contributed by atoms with Gasteiger partial charge in [-0.3, -0.25) is 4.79 Å². The van der Waals surface area contributed by atoms with Crippen molar-refractivity contribution in [2.24, 2.45) is 0 Å². The molecule has 0 saturated heterocycles. The van der Waals surface area contributed by atoms with Crippen LogP contribution in [0.25, 0.3) is 17.1 Å². The summed E-state index contributed by atoms with van der Waals surface area (Å²) in [6, 6.07) is 18.5. The van der Waals surface area contributed by atoms with Gasteiger partial charge < -0.3 is 14.8 Å². The number of methoxy groups -OCH3 is 1. The molecule has 1 amide bonds. The molecule has 3 aromatic carbocycles. The molecule has 0 aliphatic heterocycles. The predicted molar refractivity (Wildman–Crippen MR) is 118 cm³/mol. The zero-order valence-electron chi connectivity index (χ0n) is 17.7. The van der Waals surface area contributed by atoms with Crippen molar-refractivity contribution in [3.8, 4) is 23.1 Å². The van der Waals surface area contributed by atoms with E-state index in [1.54, 1.807) is 49.6 Å². The number of nitrogens with zero attached hydrogens (tertiary/aromatic N) is 3. The molecule has 7 nitrogen and oxygen atoms in total. The molecule has 0 fully saturated rings. The van der Waals surface area contributed by atoms with Crippen molar-refractivity contribution < 1.29 is 23.0 Å². The molecule has 0 atom stereocenters. The Morgan fingerprint density at radius 2 is 1.79 bits per heavy atom. The van der Waals surface area contributed by atoms with Gasteiger partial charge >= 0.3 is 6.01 Å². The second-order valence-corrected chi connectivity index (χ2v) is 6.96. The van der Waals surface area contributed by atoms with Crippen LogP contribution in [0.2, 0.25) is 0 Å². The van der Waals surface area contributed by atoms with Crippen LogP contribution in [-0.2, 0) is 4.74 Å². The number of nitrogens with one attached hydrogen (secondary N) is 1. The highest BCUT2D eigenvalue weighted by Crippen LogP contribution is 2.25. The first-order valence-electron chi connectivity index (χ1n) is 10.1. The molecule has 4 aromatic rings. The summed E-state index contributed by atoms with van der Waals surface area (Å²) < 4.78 is 39.4. The molecule has 0 spiro atoms. The Labute approximate surface area is 188 Å². The van der Waals surface area contributed by atoms with E-state index in [-0.39, 0.29) is 24.0 Å². The summed E-state index contributed by atoms with van der Waals surface area (Å²) in [4.78, 5) is 16.9. The zero-order valence-corrected chi connectivity index (χ0v) is 17.7. The summed E-state index contributed by atoms with van der Waals surface area (Å²) in [7, 11) is 1.56.